The lowest BCUT2D eigenvalue weighted by molar-refractivity contribution is -0.122. The summed E-state index contributed by atoms with van der Waals surface area (Å²) in [7, 11) is 0. The second-order valence-electron chi connectivity index (χ2n) is 6.54. The van der Waals surface area contributed by atoms with Crippen molar-refractivity contribution in [1.29, 1.82) is 0 Å². The van der Waals surface area contributed by atoms with Gasteiger partial charge in [0.15, 0.2) is 5.16 Å². The fourth-order valence-corrected chi connectivity index (χ4v) is 4.59. The molecule has 3 heterocycles. The number of benzene rings is 1. The van der Waals surface area contributed by atoms with Gasteiger partial charge in [-0.2, -0.15) is 0 Å². The van der Waals surface area contributed by atoms with Crippen LogP contribution >= 0.6 is 11.8 Å². The van der Waals surface area contributed by atoms with E-state index >= 15 is 0 Å². The van der Waals surface area contributed by atoms with Crippen LogP contribution in [0.2, 0.25) is 0 Å². The summed E-state index contributed by atoms with van der Waals surface area (Å²) in [6.45, 7) is 4.26. The van der Waals surface area contributed by atoms with Gasteiger partial charge in [0.2, 0.25) is 5.91 Å². The van der Waals surface area contributed by atoms with Crippen LogP contribution in [0.25, 0.3) is 0 Å². The lowest BCUT2D eigenvalue weighted by Crippen LogP contribution is -2.45. The van der Waals surface area contributed by atoms with Crippen molar-refractivity contribution in [2.45, 2.75) is 38.0 Å². The molecule has 2 unspecified atom stereocenters. The number of rotatable bonds is 1. The Kier molecular flexibility index (Phi) is 3.72. The zero-order valence-corrected chi connectivity index (χ0v) is 14.5. The van der Waals surface area contributed by atoms with Gasteiger partial charge in [0.1, 0.15) is 0 Å². The molecule has 2 aliphatic rings. The van der Waals surface area contributed by atoms with E-state index in [9.17, 15) is 9.59 Å². The maximum atomic E-state index is 13.2. The van der Waals surface area contributed by atoms with Gasteiger partial charge in [-0.25, -0.2) is 4.98 Å². The highest BCUT2D eigenvalue weighted by atomic mass is 32.2. The van der Waals surface area contributed by atoms with Crippen molar-refractivity contribution in [2.24, 2.45) is 5.92 Å². The Labute approximate surface area is 144 Å². The molecular formula is C18H19N3O2S. The molecule has 0 spiro atoms. The molecule has 0 bridgehead atoms. The van der Waals surface area contributed by atoms with Crippen LogP contribution < -0.4 is 10.5 Å². The van der Waals surface area contributed by atoms with Gasteiger partial charge in [0.25, 0.3) is 5.56 Å². The van der Waals surface area contributed by atoms with E-state index in [4.69, 9.17) is 0 Å². The fourth-order valence-electron chi connectivity index (χ4n) is 3.55. The number of hydrogen-bond acceptors (Lipinski definition) is 4. The first kappa shape index (κ1) is 15.4. The molecule has 6 heteroatoms. The zero-order valence-electron chi connectivity index (χ0n) is 13.7. The molecule has 2 aromatic rings. The molecule has 1 aromatic carbocycles. The average Bonchev–Trinajstić information content (AvgIpc) is 2.93. The molecule has 1 amide bonds. The van der Waals surface area contributed by atoms with Crippen LogP contribution in [0, 0.1) is 12.8 Å². The molecular weight excluding hydrogens is 322 g/mol. The minimum Gasteiger partial charge on any atom is -0.309 e. The zero-order chi connectivity index (χ0) is 16.8. The van der Waals surface area contributed by atoms with Gasteiger partial charge in [-0.1, -0.05) is 30.0 Å². The fraction of sp³-hybridized carbons (Fsp3) is 0.389. The van der Waals surface area contributed by atoms with Gasteiger partial charge in [0, 0.05) is 35.8 Å². The van der Waals surface area contributed by atoms with Crippen molar-refractivity contribution in [1.82, 2.24) is 9.55 Å². The molecule has 0 saturated carbocycles. The molecule has 0 fully saturated rings. The van der Waals surface area contributed by atoms with Crippen molar-refractivity contribution in [3.05, 3.63) is 51.9 Å². The van der Waals surface area contributed by atoms with Crippen molar-refractivity contribution in [3.8, 4) is 0 Å². The molecule has 0 aliphatic carbocycles. The Bertz CT molecular complexity index is 877. The number of amides is 1. The number of carbonyl (C=O) groups is 1. The minimum absolute atomic E-state index is 0.0418. The van der Waals surface area contributed by atoms with Gasteiger partial charge in [-0.05, 0) is 31.9 Å². The van der Waals surface area contributed by atoms with Crippen molar-refractivity contribution in [3.63, 3.8) is 0 Å². The summed E-state index contributed by atoms with van der Waals surface area (Å²) >= 11 is 1.49. The molecule has 24 heavy (non-hydrogen) atoms. The minimum atomic E-state index is -0.197. The summed E-state index contributed by atoms with van der Waals surface area (Å²) in [5, 5.41) is 0.713. The molecule has 2 aliphatic heterocycles. The summed E-state index contributed by atoms with van der Waals surface area (Å²) in [5.74, 6) is 0.580. The number of thioether (sulfide) groups is 1. The first-order valence-electron chi connectivity index (χ1n) is 8.16. The quantitative estimate of drug-likeness (QED) is 0.747. The van der Waals surface area contributed by atoms with E-state index in [1.54, 1.807) is 17.7 Å². The van der Waals surface area contributed by atoms with Crippen molar-refractivity contribution in [2.75, 3.05) is 10.7 Å². The van der Waals surface area contributed by atoms with E-state index in [0.717, 1.165) is 12.1 Å². The second kappa shape index (κ2) is 5.77. The monoisotopic (exact) mass is 341 g/mol. The topological polar surface area (TPSA) is 55.2 Å². The Balaban J connectivity index is 1.65. The number of carbonyl (C=O) groups excluding carboxylic acids is 1. The SMILES string of the molecule is Cc1cnc2n(c1=O)CC(C(=O)N1c3ccccc3CC1C)CS2. The lowest BCUT2D eigenvalue weighted by Gasteiger charge is -2.30. The average molecular weight is 341 g/mol. The van der Waals surface area contributed by atoms with Crippen LogP contribution in [0.5, 0.6) is 0 Å². The number of fused-ring (bicyclic) bond motifs is 2. The summed E-state index contributed by atoms with van der Waals surface area (Å²) in [4.78, 5) is 31.7. The first-order valence-corrected chi connectivity index (χ1v) is 9.15. The van der Waals surface area contributed by atoms with E-state index < -0.39 is 0 Å². The first-order chi connectivity index (χ1) is 11.6. The maximum Gasteiger partial charge on any atom is 0.257 e. The third-order valence-corrected chi connectivity index (χ3v) is 5.95. The van der Waals surface area contributed by atoms with Crippen LogP contribution in [0.1, 0.15) is 18.1 Å². The normalized spacial score (nSPS) is 22.2. The number of nitrogens with zero attached hydrogens (tertiary/aromatic N) is 3. The number of hydrogen-bond donors (Lipinski definition) is 0. The van der Waals surface area contributed by atoms with Crippen LogP contribution in [0.4, 0.5) is 5.69 Å². The maximum absolute atomic E-state index is 13.2. The van der Waals surface area contributed by atoms with Gasteiger partial charge in [0.05, 0.1) is 5.92 Å². The van der Waals surface area contributed by atoms with Crippen molar-refractivity contribution >= 4 is 23.4 Å². The molecule has 5 nitrogen and oxygen atoms in total. The van der Waals surface area contributed by atoms with Gasteiger partial charge in [-0.15, -0.1) is 0 Å². The Morgan fingerprint density at radius 1 is 1.33 bits per heavy atom. The highest BCUT2D eigenvalue weighted by Crippen LogP contribution is 2.35. The molecule has 124 valence electrons. The van der Waals surface area contributed by atoms with E-state index in [2.05, 4.69) is 18.0 Å². The molecule has 0 N–H and O–H groups in total. The van der Waals surface area contributed by atoms with Gasteiger partial charge in [-0.3, -0.25) is 14.2 Å². The number of aromatic nitrogens is 2. The van der Waals surface area contributed by atoms with E-state index in [1.165, 1.54) is 17.3 Å². The highest BCUT2D eigenvalue weighted by molar-refractivity contribution is 7.99. The third kappa shape index (κ3) is 2.36. The summed E-state index contributed by atoms with van der Waals surface area (Å²) < 4.78 is 1.65. The summed E-state index contributed by atoms with van der Waals surface area (Å²) in [6.07, 6.45) is 2.50. The van der Waals surface area contributed by atoms with Gasteiger partial charge >= 0.3 is 0 Å². The Morgan fingerprint density at radius 2 is 2.12 bits per heavy atom. The highest BCUT2D eigenvalue weighted by Gasteiger charge is 2.36. The molecule has 2 atom stereocenters. The van der Waals surface area contributed by atoms with Crippen LogP contribution in [-0.2, 0) is 17.8 Å². The van der Waals surface area contributed by atoms with E-state index in [0.29, 0.717) is 23.0 Å². The predicted molar refractivity (Wildman–Crippen MR) is 94.5 cm³/mol. The molecule has 4 rings (SSSR count). The largest absolute Gasteiger partial charge is 0.309 e. The Hall–Kier alpha value is -2.08. The number of aryl methyl sites for hydroxylation is 1. The molecule has 0 radical (unpaired) electrons. The predicted octanol–water partition coefficient (Wildman–Crippen LogP) is 2.25. The lowest BCUT2D eigenvalue weighted by atomic mass is 10.1. The van der Waals surface area contributed by atoms with E-state index in [1.807, 2.05) is 23.1 Å². The third-order valence-electron chi connectivity index (χ3n) is 4.79. The van der Waals surface area contributed by atoms with Crippen molar-refractivity contribution < 1.29 is 4.79 Å². The standard InChI is InChI=1S/C18H19N3O2S/c1-11-8-19-18-20(16(11)22)9-14(10-24-18)17(23)21-12(2)7-13-5-3-4-6-15(13)21/h3-6,8,12,14H,7,9-10H2,1-2H3. The summed E-state index contributed by atoms with van der Waals surface area (Å²) in [6, 6.07) is 8.24. The molecule has 1 aromatic heterocycles. The van der Waals surface area contributed by atoms with Crippen LogP contribution in [-0.4, -0.2) is 27.3 Å². The Morgan fingerprint density at radius 3 is 2.96 bits per heavy atom. The van der Waals surface area contributed by atoms with Crippen LogP contribution in [0.15, 0.2) is 40.4 Å². The van der Waals surface area contributed by atoms with E-state index in [-0.39, 0.29) is 23.4 Å². The van der Waals surface area contributed by atoms with Gasteiger partial charge < -0.3 is 4.90 Å². The summed E-state index contributed by atoms with van der Waals surface area (Å²) in [5.41, 5.74) is 2.81. The number of para-hydroxylation sites is 1. The number of anilines is 1. The molecule has 0 saturated heterocycles. The van der Waals surface area contributed by atoms with Crippen LogP contribution in [0.3, 0.4) is 0 Å². The second-order valence-corrected chi connectivity index (χ2v) is 7.52. The smallest absolute Gasteiger partial charge is 0.257 e.